The first-order valence-corrected chi connectivity index (χ1v) is 11.6. The van der Waals surface area contributed by atoms with Crippen molar-refractivity contribution in [3.8, 4) is 17.0 Å². The molecule has 0 saturated carbocycles. The number of aromatic amines is 1. The van der Waals surface area contributed by atoms with Gasteiger partial charge in [0.25, 0.3) is 5.91 Å². The number of phenols is 1. The Balaban J connectivity index is 1.60. The molecular formula is C27H28N6O2. The lowest BCUT2D eigenvalue weighted by Gasteiger charge is -2.27. The number of H-pyrrole nitrogens is 1. The zero-order chi connectivity index (χ0) is 24.4. The topological polar surface area (TPSA) is 97.4 Å². The highest BCUT2D eigenvalue weighted by Crippen LogP contribution is 2.29. The molecule has 0 unspecified atom stereocenters. The normalized spacial score (nSPS) is 14.1. The molecule has 0 atom stereocenters. The van der Waals surface area contributed by atoms with Gasteiger partial charge in [-0.1, -0.05) is 18.2 Å². The van der Waals surface area contributed by atoms with Crippen molar-refractivity contribution >= 4 is 34.8 Å². The van der Waals surface area contributed by atoms with E-state index in [9.17, 15) is 9.90 Å². The number of phenolic OH excluding ortho intramolecular Hbond substituents is 1. The van der Waals surface area contributed by atoms with Crippen molar-refractivity contribution in [2.45, 2.75) is 0 Å². The first kappa shape index (κ1) is 22.6. The SMILES string of the molecule is CN(C)c1cccc(/C=C/c2n[nH]c3nc(-c4ccc(O)cc4)cc(C(=O)N4CCNCC4)c23)c1. The molecule has 5 rings (SSSR count). The van der Waals surface area contributed by atoms with Gasteiger partial charge in [0.1, 0.15) is 5.75 Å². The van der Waals surface area contributed by atoms with Gasteiger partial charge in [-0.15, -0.1) is 0 Å². The van der Waals surface area contributed by atoms with Gasteiger partial charge in [0.2, 0.25) is 0 Å². The number of nitrogens with one attached hydrogen (secondary N) is 2. The van der Waals surface area contributed by atoms with Crippen molar-refractivity contribution in [3.05, 3.63) is 71.4 Å². The molecule has 8 nitrogen and oxygen atoms in total. The van der Waals surface area contributed by atoms with E-state index in [1.807, 2.05) is 49.3 Å². The quantitative estimate of drug-likeness (QED) is 0.414. The molecule has 3 N–H and O–H groups in total. The highest BCUT2D eigenvalue weighted by molar-refractivity contribution is 6.09. The Morgan fingerprint density at radius 2 is 1.83 bits per heavy atom. The van der Waals surface area contributed by atoms with Crippen molar-refractivity contribution in [2.75, 3.05) is 45.2 Å². The number of carbonyl (C=O) groups excluding carboxylic acids is 1. The fourth-order valence-electron chi connectivity index (χ4n) is 4.24. The summed E-state index contributed by atoms with van der Waals surface area (Å²) in [5.41, 5.74) is 5.38. The number of anilines is 1. The maximum absolute atomic E-state index is 13.7. The molecule has 0 bridgehead atoms. The van der Waals surface area contributed by atoms with Gasteiger partial charge in [0.05, 0.1) is 22.3 Å². The molecule has 1 aliphatic rings. The van der Waals surface area contributed by atoms with Crippen LogP contribution in [0.2, 0.25) is 0 Å². The van der Waals surface area contributed by atoms with Crippen molar-refractivity contribution < 1.29 is 9.90 Å². The van der Waals surface area contributed by atoms with Crippen LogP contribution in [0.3, 0.4) is 0 Å². The van der Waals surface area contributed by atoms with Crippen LogP contribution in [-0.4, -0.2) is 71.4 Å². The zero-order valence-corrected chi connectivity index (χ0v) is 19.8. The monoisotopic (exact) mass is 468 g/mol. The smallest absolute Gasteiger partial charge is 0.254 e. The minimum Gasteiger partial charge on any atom is -0.508 e. The third kappa shape index (κ3) is 4.74. The number of piperazine rings is 1. The Kier molecular flexibility index (Phi) is 6.20. The lowest BCUT2D eigenvalue weighted by Crippen LogP contribution is -2.46. The van der Waals surface area contributed by atoms with Crippen LogP contribution in [-0.2, 0) is 0 Å². The predicted octanol–water partition coefficient (Wildman–Crippen LogP) is 3.61. The number of amides is 1. The lowest BCUT2D eigenvalue weighted by molar-refractivity contribution is 0.0737. The van der Waals surface area contributed by atoms with Crippen LogP contribution in [0, 0.1) is 0 Å². The summed E-state index contributed by atoms with van der Waals surface area (Å²) in [5.74, 6) is 0.142. The molecular weight excluding hydrogens is 440 g/mol. The van der Waals surface area contributed by atoms with E-state index >= 15 is 0 Å². The molecule has 0 radical (unpaired) electrons. The number of fused-ring (bicyclic) bond motifs is 1. The second kappa shape index (κ2) is 9.60. The summed E-state index contributed by atoms with van der Waals surface area (Å²) in [6.07, 6.45) is 3.92. The van der Waals surface area contributed by atoms with Crippen molar-refractivity contribution in [1.82, 2.24) is 25.4 Å². The number of aromatic hydroxyl groups is 1. The number of pyridine rings is 1. The molecule has 4 aromatic rings. The van der Waals surface area contributed by atoms with E-state index in [2.05, 4.69) is 32.5 Å². The summed E-state index contributed by atoms with van der Waals surface area (Å²) >= 11 is 0. The van der Waals surface area contributed by atoms with Crippen LogP contribution in [0.25, 0.3) is 34.4 Å². The molecule has 0 spiro atoms. The van der Waals surface area contributed by atoms with Gasteiger partial charge in [-0.05, 0) is 54.1 Å². The number of rotatable bonds is 5. The number of hydrogen-bond donors (Lipinski definition) is 3. The van der Waals surface area contributed by atoms with Gasteiger partial charge in [0, 0.05) is 51.5 Å². The third-order valence-electron chi connectivity index (χ3n) is 6.18. The maximum Gasteiger partial charge on any atom is 0.254 e. The van der Waals surface area contributed by atoms with E-state index in [1.54, 1.807) is 24.3 Å². The molecule has 3 heterocycles. The van der Waals surface area contributed by atoms with Crippen LogP contribution in [0.15, 0.2) is 54.6 Å². The predicted molar refractivity (Wildman–Crippen MR) is 139 cm³/mol. The fourth-order valence-corrected chi connectivity index (χ4v) is 4.24. The molecule has 8 heteroatoms. The third-order valence-corrected chi connectivity index (χ3v) is 6.18. The average Bonchev–Trinajstić information content (AvgIpc) is 3.30. The molecule has 1 saturated heterocycles. The second-order valence-electron chi connectivity index (χ2n) is 8.80. The molecule has 1 aliphatic heterocycles. The summed E-state index contributed by atoms with van der Waals surface area (Å²) in [6, 6.07) is 16.8. The lowest BCUT2D eigenvalue weighted by atomic mass is 10.0. The van der Waals surface area contributed by atoms with Gasteiger partial charge in [-0.25, -0.2) is 4.98 Å². The van der Waals surface area contributed by atoms with Crippen LogP contribution in [0.5, 0.6) is 5.75 Å². The summed E-state index contributed by atoms with van der Waals surface area (Å²) in [5, 5.41) is 21.2. The van der Waals surface area contributed by atoms with Gasteiger partial charge in [-0.2, -0.15) is 5.10 Å². The highest BCUT2D eigenvalue weighted by Gasteiger charge is 2.24. The van der Waals surface area contributed by atoms with Crippen molar-refractivity contribution in [2.24, 2.45) is 0 Å². The standard InChI is InChI=1S/C27H28N6O2/c1-32(2)20-5-3-4-18(16-20)6-11-23-25-22(27(35)33-14-12-28-13-15-33)17-24(29-26(25)31-30-23)19-7-9-21(34)10-8-19/h3-11,16-17,28,34H,12-15H2,1-2H3,(H,29,30,31)/b11-6+. The molecule has 178 valence electrons. The first-order chi connectivity index (χ1) is 17.0. The Hall–Kier alpha value is -4.17. The first-order valence-electron chi connectivity index (χ1n) is 11.6. The van der Waals surface area contributed by atoms with Crippen molar-refractivity contribution in [1.29, 1.82) is 0 Å². The van der Waals surface area contributed by atoms with E-state index in [0.29, 0.717) is 41.1 Å². The highest BCUT2D eigenvalue weighted by atomic mass is 16.3. The van der Waals surface area contributed by atoms with Gasteiger partial charge in [0.15, 0.2) is 5.65 Å². The molecule has 35 heavy (non-hydrogen) atoms. The summed E-state index contributed by atoms with van der Waals surface area (Å²) in [4.78, 5) is 22.3. The van der Waals surface area contributed by atoms with E-state index < -0.39 is 0 Å². The molecule has 0 aliphatic carbocycles. The van der Waals surface area contributed by atoms with E-state index in [0.717, 1.165) is 29.9 Å². The molecule has 1 fully saturated rings. The summed E-state index contributed by atoms with van der Waals surface area (Å²) < 4.78 is 0. The van der Waals surface area contributed by atoms with E-state index in [4.69, 9.17) is 4.98 Å². The van der Waals surface area contributed by atoms with Gasteiger partial charge in [-0.3, -0.25) is 9.89 Å². The largest absolute Gasteiger partial charge is 0.508 e. The van der Waals surface area contributed by atoms with Gasteiger partial charge < -0.3 is 20.2 Å². The number of carbonyl (C=O) groups is 1. The van der Waals surface area contributed by atoms with E-state index in [-0.39, 0.29) is 11.7 Å². The zero-order valence-electron chi connectivity index (χ0n) is 19.8. The Morgan fingerprint density at radius 1 is 1.06 bits per heavy atom. The summed E-state index contributed by atoms with van der Waals surface area (Å²) in [7, 11) is 4.02. The molecule has 2 aromatic carbocycles. The number of nitrogens with zero attached hydrogens (tertiary/aromatic N) is 4. The van der Waals surface area contributed by atoms with Crippen LogP contribution in [0.1, 0.15) is 21.6 Å². The molecule has 2 aromatic heterocycles. The van der Waals surface area contributed by atoms with Gasteiger partial charge >= 0.3 is 0 Å². The van der Waals surface area contributed by atoms with E-state index in [1.165, 1.54) is 0 Å². The Morgan fingerprint density at radius 3 is 2.57 bits per heavy atom. The van der Waals surface area contributed by atoms with Crippen LogP contribution in [0.4, 0.5) is 5.69 Å². The Labute approximate surface area is 203 Å². The number of aromatic nitrogens is 3. The van der Waals surface area contributed by atoms with Crippen LogP contribution < -0.4 is 10.2 Å². The number of benzene rings is 2. The minimum atomic E-state index is -0.0374. The van der Waals surface area contributed by atoms with Crippen molar-refractivity contribution in [3.63, 3.8) is 0 Å². The Bertz CT molecular complexity index is 1380. The maximum atomic E-state index is 13.7. The minimum absolute atomic E-state index is 0.0374. The summed E-state index contributed by atoms with van der Waals surface area (Å²) in [6.45, 7) is 2.84. The second-order valence-corrected chi connectivity index (χ2v) is 8.80. The molecule has 1 amide bonds. The average molecular weight is 469 g/mol. The van der Waals surface area contributed by atoms with Crippen LogP contribution >= 0.6 is 0 Å². The fraction of sp³-hybridized carbons (Fsp3) is 0.222. The number of hydrogen-bond acceptors (Lipinski definition) is 6.